The number of anilines is 1. The molecule has 0 bridgehead atoms. The van der Waals surface area contributed by atoms with Crippen LogP contribution < -0.4 is 9.64 Å². The average molecular weight is 337 g/mol. The molecule has 4 rings (SSSR count). The van der Waals surface area contributed by atoms with E-state index in [1.165, 1.54) is 22.0 Å². The normalized spacial score (nSPS) is 15.7. The smallest absolute Gasteiger partial charge is 0.151 e. The quantitative estimate of drug-likeness (QED) is 0.793. The zero-order chi connectivity index (χ0) is 17.2. The van der Waals surface area contributed by atoms with Crippen molar-refractivity contribution < 1.29 is 4.74 Å². The molecule has 1 N–H and O–H groups in total. The highest BCUT2D eigenvalue weighted by Gasteiger charge is 2.21. The largest absolute Gasteiger partial charge is 0.496 e. The van der Waals surface area contributed by atoms with E-state index >= 15 is 0 Å². The minimum atomic E-state index is 0.895. The van der Waals surface area contributed by atoms with Crippen molar-refractivity contribution in [1.82, 2.24) is 20.1 Å². The number of benzene rings is 1. The summed E-state index contributed by atoms with van der Waals surface area (Å²) in [5.41, 5.74) is 3.68. The molecular weight excluding hydrogens is 314 g/mol. The number of H-pyrrole nitrogens is 1. The molecule has 1 aromatic carbocycles. The van der Waals surface area contributed by atoms with E-state index in [0.29, 0.717) is 0 Å². The van der Waals surface area contributed by atoms with Crippen molar-refractivity contribution >= 4 is 16.7 Å². The molecular formula is C19H23N5O. The molecule has 0 unspecified atom stereocenters. The molecule has 0 spiro atoms. The monoisotopic (exact) mass is 337 g/mol. The lowest BCUT2D eigenvalue weighted by Crippen LogP contribution is -2.46. The number of aryl methyl sites for hydroxylation is 1. The molecule has 3 aromatic rings. The first-order valence-electron chi connectivity index (χ1n) is 8.65. The molecule has 0 amide bonds. The minimum Gasteiger partial charge on any atom is -0.496 e. The van der Waals surface area contributed by atoms with Gasteiger partial charge in [0.05, 0.1) is 7.11 Å². The van der Waals surface area contributed by atoms with Gasteiger partial charge in [0.2, 0.25) is 0 Å². The molecule has 6 nitrogen and oxygen atoms in total. The molecule has 0 radical (unpaired) electrons. The maximum absolute atomic E-state index is 5.67. The Balaban J connectivity index is 1.51. The second-order valence-corrected chi connectivity index (χ2v) is 6.49. The topological polar surface area (TPSA) is 57.3 Å². The number of hydrogen-bond acceptors (Lipinski definition) is 5. The number of rotatable bonds is 4. The third-order valence-corrected chi connectivity index (χ3v) is 4.97. The van der Waals surface area contributed by atoms with Crippen molar-refractivity contribution in [2.24, 2.45) is 0 Å². The predicted molar refractivity (Wildman–Crippen MR) is 99.1 cm³/mol. The fourth-order valence-corrected chi connectivity index (χ4v) is 3.60. The van der Waals surface area contributed by atoms with Gasteiger partial charge in [0, 0.05) is 61.6 Å². The molecule has 1 aliphatic rings. The summed E-state index contributed by atoms with van der Waals surface area (Å²) in [6.45, 7) is 6.93. The van der Waals surface area contributed by atoms with Gasteiger partial charge in [0.1, 0.15) is 5.75 Å². The number of ether oxygens (including phenoxy) is 1. The standard InChI is InChI=1S/C19H23N5O/c1-14-12-17(25-2)16(15-5-7-20-19(14)15)13-23-8-10-24(11-9-23)18-4-3-6-21-22-18/h3-7,12,20H,8-11,13H2,1-2H3. The van der Waals surface area contributed by atoms with E-state index in [1.54, 1.807) is 13.3 Å². The first kappa shape index (κ1) is 15.9. The van der Waals surface area contributed by atoms with Crippen LogP contribution in [0.2, 0.25) is 0 Å². The summed E-state index contributed by atoms with van der Waals surface area (Å²) in [4.78, 5) is 8.12. The Morgan fingerprint density at radius 2 is 2.04 bits per heavy atom. The molecule has 6 heteroatoms. The van der Waals surface area contributed by atoms with E-state index < -0.39 is 0 Å². The van der Waals surface area contributed by atoms with Gasteiger partial charge in [0.25, 0.3) is 0 Å². The van der Waals surface area contributed by atoms with Crippen LogP contribution in [0.3, 0.4) is 0 Å². The SMILES string of the molecule is COc1cc(C)c2[nH]ccc2c1CN1CCN(c2cccnn2)CC1. The summed E-state index contributed by atoms with van der Waals surface area (Å²) in [6, 6.07) is 8.24. The van der Waals surface area contributed by atoms with E-state index in [-0.39, 0.29) is 0 Å². The molecule has 3 heterocycles. The number of hydrogen-bond donors (Lipinski definition) is 1. The summed E-state index contributed by atoms with van der Waals surface area (Å²) in [5.74, 6) is 1.93. The van der Waals surface area contributed by atoms with Gasteiger partial charge in [-0.15, -0.1) is 5.10 Å². The molecule has 25 heavy (non-hydrogen) atoms. The number of fused-ring (bicyclic) bond motifs is 1. The second-order valence-electron chi connectivity index (χ2n) is 6.49. The predicted octanol–water partition coefficient (Wildman–Crippen LogP) is 2.60. The van der Waals surface area contributed by atoms with Gasteiger partial charge in [-0.3, -0.25) is 4.90 Å². The van der Waals surface area contributed by atoms with E-state index in [1.807, 2.05) is 18.3 Å². The third kappa shape index (κ3) is 3.05. The number of aromatic amines is 1. The molecule has 0 aliphatic carbocycles. The molecule has 0 atom stereocenters. The Kier molecular flexibility index (Phi) is 4.28. The van der Waals surface area contributed by atoms with Gasteiger partial charge >= 0.3 is 0 Å². The summed E-state index contributed by atoms with van der Waals surface area (Å²) >= 11 is 0. The van der Waals surface area contributed by atoms with Crippen molar-refractivity contribution in [2.75, 3.05) is 38.2 Å². The molecule has 1 saturated heterocycles. The first-order chi connectivity index (χ1) is 12.3. The van der Waals surface area contributed by atoms with E-state index in [0.717, 1.165) is 44.3 Å². The Morgan fingerprint density at radius 1 is 1.20 bits per heavy atom. The van der Waals surface area contributed by atoms with Crippen LogP contribution in [0.4, 0.5) is 5.82 Å². The minimum absolute atomic E-state index is 0.895. The van der Waals surface area contributed by atoms with Crippen molar-refractivity contribution in [1.29, 1.82) is 0 Å². The van der Waals surface area contributed by atoms with Crippen LogP contribution in [0.1, 0.15) is 11.1 Å². The van der Waals surface area contributed by atoms with Gasteiger partial charge < -0.3 is 14.6 Å². The van der Waals surface area contributed by atoms with Gasteiger partial charge in [-0.2, -0.15) is 5.10 Å². The number of methoxy groups -OCH3 is 1. The van der Waals surface area contributed by atoms with Crippen molar-refractivity contribution in [2.45, 2.75) is 13.5 Å². The van der Waals surface area contributed by atoms with Crippen LogP contribution in [-0.4, -0.2) is 53.4 Å². The van der Waals surface area contributed by atoms with Crippen LogP contribution in [0.5, 0.6) is 5.75 Å². The van der Waals surface area contributed by atoms with Gasteiger partial charge in [0.15, 0.2) is 5.82 Å². The van der Waals surface area contributed by atoms with Crippen molar-refractivity contribution in [3.05, 3.63) is 47.8 Å². The van der Waals surface area contributed by atoms with Crippen LogP contribution in [0, 0.1) is 6.92 Å². The third-order valence-electron chi connectivity index (χ3n) is 4.97. The van der Waals surface area contributed by atoms with Crippen molar-refractivity contribution in [3.63, 3.8) is 0 Å². The number of nitrogens with one attached hydrogen (secondary N) is 1. The number of aromatic nitrogens is 3. The highest BCUT2D eigenvalue weighted by atomic mass is 16.5. The molecule has 0 saturated carbocycles. The number of nitrogens with zero attached hydrogens (tertiary/aromatic N) is 4. The first-order valence-corrected chi connectivity index (χ1v) is 8.65. The van der Waals surface area contributed by atoms with E-state index in [9.17, 15) is 0 Å². The van der Waals surface area contributed by atoms with Crippen LogP contribution >= 0.6 is 0 Å². The van der Waals surface area contributed by atoms with Gasteiger partial charge in [-0.25, -0.2) is 0 Å². The highest BCUT2D eigenvalue weighted by molar-refractivity contribution is 5.88. The fourth-order valence-electron chi connectivity index (χ4n) is 3.60. The molecule has 1 fully saturated rings. The maximum atomic E-state index is 5.67. The number of piperazine rings is 1. The van der Waals surface area contributed by atoms with E-state index in [4.69, 9.17) is 4.74 Å². The molecule has 2 aromatic heterocycles. The highest BCUT2D eigenvalue weighted by Crippen LogP contribution is 2.31. The lowest BCUT2D eigenvalue weighted by molar-refractivity contribution is 0.246. The summed E-state index contributed by atoms with van der Waals surface area (Å²) in [5, 5.41) is 9.45. The van der Waals surface area contributed by atoms with Crippen LogP contribution in [0.25, 0.3) is 10.9 Å². The lowest BCUT2D eigenvalue weighted by Gasteiger charge is -2.35. The molecule has 130 valence electrons. The van der Waals surface area contributed by atoms with Gasteiger partial charge in [-0.05, 0) is 36.8 Å². The van der Waals surface area contributed by atoms with E-state index in [2.05, 4.69) is 44.0 Å². The summed E-state index contributed by atoms with van der Waals surface area (Å²) in [7, 11) is 1.75. The Morgan fingerprint density at radius 3 is 2.76 bits per heavy atom. The summed E-state index contributed by atoms with van der Waals surface area (Å²) in [6.07, 6.45) is 3.72. The Labute approximate surface area is 147 Å². The van der Waals surface area contributed by atoms with Crippen LogP contribution in [-0.2, 0) is 6.54 Å². The van der Waals surface area contributed by atoms with Crippen molar-refractivity contribution in [3.8, 4) is 5.75 Å². The average Bonchev–Trinajstić information content (AvgIpc) is 3.16. The zero-order valence-corrected chi connectivity index (χ0v) is 14.7. The zero-order valence-electron chi connectivity index (χ0n) is 14.7. The van der Waals surface area contributed by atoms with Crippen LogP contribution in [0.15, 0.2) is 36.7 Å². The maximum Gasteiger partial charge on any atom is 0.151 e. The lowest BCUT2D eigenvalue weighted by atomic mass is 10.0. The molecule has 1 aliphatic heterocycles. The second kappa shape index (κ2) is 6.72. The Hall–Kier alpha value is -2.60. The Bertz CT molecular complexity index is 853. The van der Waals surface area contributed by atoms with Gasteiger partial charge in [-0.1, -0.05) is 0 Å². The fraction of sp³-hybridized carbons (Fsp3) is 0.368. The summed E-state index contributed by atoms with van der Waals surface area (Å²) < 4.78 is 5.67.